The van der Waals surface area contributed by atoms with Gasteiger partial charge in [-0.3, -0.25) is 10.2 Å². The van der Waals surface area contributed by atoms with E-state index in [2.05, 4.69) is 23.8 Å². The fraction of sp³-hybridized carbons (Fsp3) is 0.455. The van der Waals surface area contributed by atoms with Gasteiger partial charge in [-0.05, 0) is 59.9 Å². The van der Waals surface area contributed by atoms with E-state index in [4.69, 9.17) is 11.1 Å². The fourth-order valence-electron chi connectivity index (χ4n) is 3.78. The number of amides is 1. The quantitative estimate of drug-likeness (QED) is 0.630. The third-order valence-electron chi connectivity index (χ3n) is 5.83. The molecule has 29 heavy (non-hydrogen) atoms. The SMILES string of the molecule is CC(COF)N(C)C(=O)c1ccc2cc(C(=N)C3=C(N)CC(C)(C)CC3)[nH]c2c1. The second-order valence-electron chi connectivity index (χ2n) is 8.75. The van der Waals surface area contributed by atoms with Crippen molar-refractivity contribution in [1.29, 1.82) is 5.41 Å². The molecule has 1 amide bonds. The highest BCUT2D eigenvalue weighted by molar-refractivity contribution is 6.12. The molecular weight excluding hydrogens is 371 g/mol. The second-order valence-corrected chi connectivity index (χ2v) is 8.75. The van der Waals surface area contributed by atoms with Crippen molar-refractivity contribution in [2.75, 3.05) is 13.7 Å². The first-order valence-corrected chi connectivity index (χ1v) is 9.83. The van der Waals surface area contributed by atoms with E-state index in [1.807, 2.05) is 12.1 Å². The van der Waals surface area contributed by atoms with Crippen LogP contribution in [-0.4, -0.2) is 41.2 Å². The van der Waals surface area contributed by atoms with Crippen molar-refractivity contribution in [3.05, 3.63) is 46.8 Å². The minimum atomic E-state index is -0.388. The normalized spacial score (nSPS) is 17.4. The number of hydrogen-bond acceptors (Lipinski definition) is 4. The summed E-state index contributed by atoms with van der Waals surface area (Å²) in [7, 11) is 1.62. The molecule has 1 heterocycles. The van der Waals surface area contributed by atoms with Crippen molar-refractivity contribution < 1.29 is 14.3 Å². The summed E-state index contributed by atoms with van der Waals surface area (Å²) < 4.78 is 12.1. The van der Waals surface area contributed by atoms with Crippen LogP contribution in [0.4, 0.5) is 4.53 Å². The van der Waals surface area contributed by atoms with Crippen LogP contribution in [0.5, 0.6) is 0 Å². The number of H-pyrrole nitrogens is 1. The average molecular weight is 400 g/mol. The van der Waals surface area contributed by atoms with Crippen LogP contribution in [-0.2, 0) is 4.94 Å². The summed E-state index contributed by atoms with van der Waals surface area (Å²) in [6.45, 7) is 5.92. The number of rotatable bonds is 6. The number of aromatic amines is 1. The molecule has 2 aromatic rings. The second kappa shape index (κ2) is 7.99. The monoisotopic (exact) mass is 400 g/mol. The molecular formula is C22H29FN4O2. The van der Waals surface area contributed by atoms with Gasteiger partial charge < -0.3 is 15.6 Å². The molecule has 1 aromatic carbocycles. The van der Waals surface area contributed by atoms with E-state index < -0.39 is 0 Å². The van der Waals surface area contributed by atoms with Crippen LogP contribution in [0.1, 0.15) is 56.1 Å². The summed E-state index contributed by atoms with van der Waals surface area (Å²) in [4.78, 5) is 21.0. The molecule has 1 unspecified atom stereocenters. The van der Waals surface area contributed by atoms with Crippen molar-refractivity contribution in [2.24, 2.45) is 11.1 Å². The highest BCUT2D eigenvalue weighted by Gasteiger charge is 2.28. The number of nitrogens with two attached hydrogens (primary N) is 1. The Labute approximate surface area is 170 Å². The Morgan fingerprint density at radius 2 is 2.14 bits per heavy atom. The molecule has 0 bridgehead atoms. The molecule has 1 aliphatic rings. The standard InChI is InChI=1S/C22H29FN4O2/c1-13(12-29-23)27(4)21(28)15-6-5-14-9-19(26-18(14)10-15)20(25)16-7-8-22(2,3)11-17(16)24/h5-6,9-10,13,25-26H,7-8,11-12,24H2,1-4H3. The van der Waals surface area contributed by atoms with Gasteiger partial charge in [0.25, 0.3) is 5.91 Å². The Bertz CT molecular complexity index is 976. The number of nitrogens with zero attached hydrogens (tertiary/aromatic N) is 1. The molecule has 3 rings (SSSR count). The molecule has 0 radical (unpaired) electrons. The van der Waals surface area contributed by atoms with E-state index in [0.717, 1.165) is 41.4 Å². The van der Waals surface area contributed by atoms with Gasteiger partial charge in [0.05, 0.1) is 17.4 Å². The molecule has 0 saturated carbocycles. The van der Waals surface area contributed by atoms with Gasteiger partial charge in [0.15, 0.2) is 0 Å². The zero-order valence-electron chi connectivity index (χ0n) is 17.4. The van der Waals surface area contributed by atoms with Crippen LogP contribution >= 0.6 is 0 Å². The molecule has 0 saturated heterocycles. The predicted molar refractivity (Wildman–Crippen MR) is 113 cm³/mol. The predicted octanol–water partition coefficient (Wildman–Crippen LogP) is 4.32. The Kier molecular flexibility index (Phi) is 5.80. The molecule has 0 aliphatic heterocycles. The number of halogens is 1. The van der Waals surface area contributed by atoms with Crippen LogP contribution in [0.15, 0.2) is 35.5 Å². The minimum Gasteiger partial charge on any atom is -0.402 e. The lowest BCUT2D eigenvalue weighted by Gasteiger charge is -2.31. The fourth-order valence-corrected chi connectivity index (χ4v) is 3.78. The molecule has 156 valence electrons. The number of carbonyl (C=O) groups is 1. The zero-order chi connectivity index (χ0) is 21.3. The van der Waals surface area contributed by atoms with Gasteiger partial charge in [0.1, 0.15) is 6.61 Å². The van der Waals surface area contributed by atoms with E-state index in [-0.39, 0.29) is 24.0 Å². The minimum absolute atomic E-state index is 0.167. The van der Waals surface area contributed by atoms with Gasteiger partial charge in [-0.25, -0.2) is 0 Å². The summed E-state index contributed by atoms with van der Waals surface area (Å²) in [5.74, 6) is -0.218. The van der Waals surface area contributed by atoms with Gasteiger partial charge in [-0.15, -0.1) is 0 Å². The summed E-state index contributed by atoms with van der Waals surface area (Å²) in [6, 6.07) is 6.87. The van der Waals surface area contributed by atoms with Crippen LogP contribution < -0.4 is 5.73 Å². The third-order valence-corrected chi connectivity index (χ3v) is 5.83. The van der Waals surface area contributed by atoms with Gasteiger partial charge in [-0.1, -0.05) is 19.9 Å². The van der Waals surface area contributed by atoms with Crippen LogP contribution in [0.3, 0.4) is 0 Å². The summed E-state index contributed by atoms with van der Waals surface area (Å²) in [5.41, 5.74) is 10.5. The maximum atomic E-state index is 12.7. The van der Waals surface area contributed by atoms with Gasteiger partial charge >= 0.3 is 0 Å². The molecule has 7 heteroatoms. The maximum absolute atomic E-state index is 12.7. The van der Waals surface area contributed by atoms with E-state index >= 15 is 0 Å². The van der Waals surface area contributed by atoms with Crippen LogP contribution in [0, 0.1) is 10.8 Å². The lowest BCUT2D eigenvalue weighted by atomic mass is 9.75. The topological polar surface area (TPSA) is 95.2 Å². The Morgan fingerprint density at radius 3 is 2.79 bits per heavy atom. The molecule has 0 spiro atoms. The van der Waals surface area contributed by atoms with Crippen molar-refractivity contribution in [2.45, 2.75) is 46.1 Å². The van der Waals surface area contributed by atoms with E-state index in [1.165, 1.54) is 4.90 Å². The van der Waals surface area contributed by atoms with Gasteiger partial charge in [0, 0.05) is 29.2 Å². The number of aromatic nitrogens is 1. The molecule has 6 nitrogen and oxygen atoms in total. The van der Waals surface area contributed by atoms with Crippen LogP contribution in [0.2, 0.25) is 0 Å². The Hall–Kier alpha value is -2.67. The van der Waals surface area contributed by atoms with Crippen molar-refractivity contribution >= 4 is 22.5 Å². The zero-order valence-corrected chi connectivity index (χ0v) is 17.4. The molecule has 0 fully saturated rings. The largest absolute Gasteiger partial charge is 0.402 e. The highest BCUT2D eigenvalue weighted by Crippen LogP contribution is 2.37. The summed E-state index contributed by atoms with van der Waals surface area (Å²) in [6.07, 6.45) is 2.57. The van der Waals surface area contributed by atoms with Crippen molar-refractivity contribution in [1.82, 2.24) is 9.88 Å². The first-order valence-electron chi connectivity index (χ1n) is 9.83. The number of hydrogen-bond donors (Lipinski definition) is 3. The number of allylic oxidation sites excluding steroid dienone is 2. The highest BCUT2D eigenvalue weighted by atomic mass is 19.3. The number of benzene rings is 1. The summed E-state index contributed by atoms with van der Waals surface area (Å²) in [5, 5.41) is 9.55. The average Bonchev–Trinajstić information content (AvgIpc) is 3.09. The van der Waals surface area contributed by atoms with Gasteiger partial charge in [-0.2, -0.15) is 4.94 Å². The number of likely N-dealkylation sites (N-methyl/N-ethyl adjacent to an activating group) is 1. The molecule has 1 atom stereocenters. The molecule has 4 N–H and O–H groups in total. The smallest absolute Gasteiger partial charge is 0.253 e. The maximum Gasteiger partial charge on any atom is 0.253 e. The first kappa shape index (κ1) is 21.0. The first-order chi connectivity index (χ1) is 13.6. The van der Waals surface area contributed by atoms with E-state index in [9.17, 15) is 9.32 Å². The lowest BCUT2D eigenvalue weighted by Crippen LogP contribution is -2.37. The number of fused-ring (bicyclic) bond motifs is 1. The van der Waals surface area contributed by atoms with Crippen molar-refractivity contribution in [3.63, 3.8) is 0 Å². The van der Waals surface area contributed by atoms with Crippen molar-refractivity contribution in [3.8, 4) is 0 Å². The van der Waals surface area contributed by atoms with E-state index in [0.29, 0.717) is 17.0 Å². The van der Waals surface area contributed by atoms with Gasteiger partial charge in [0.2, 0.25) is 0 Å². The van der Waals surface area contributed by atoms with Crippen LogP contribution in [0.25, 0.3) is 10.9 Å². The third kappa shape index (κ3) is 4.34. The summed E-state index contributed by atoms with van der Waals surface area (Å²) >= 11 is 0. The Morgan fingerprint density at radius 1 is 1.41 bits per heavy atom. The molecule has 1 aliphatic carbocycles. The Balaban J connectivity index is 1.86. The number of carbonyl (C=O) groups excluding carboxylic acids is 1. The number of nitrogens with one attached hydrogen (secondary N) is 2. The molecule has 1 aromatic heterocycles. The van der Waals surface area contributed by atoms with E-state index in [1.54, 1.807) is 26.1 Å². The lowest BCUT2D eigenvalue weighted by molar-refractivity contribution is -0.143.